The summed E-state index contributed by atoms with van der Waals surface area (Å²) in [6.07, 6.45) is 0. The van der Waals surface area contributed by atoms with Crippen LogP contribution in [0.4, 0.5) is 17.1 Å². The van der Waals surface area contributed by atoms with Crippen LogP contribution < -0.4 is 22.9 Å². The van der Waals surface area contributed by atoms with Crippen molar-refractivity contribution in [2.45, 2.75) is 19.4 Å². The van der Waals surface area contributed by atoms with Crippen LogP contribution in [0.25, 0.3) is 0 Å². The molecule has 0 fully saturated rings. The quantitative estimate of drug-likeness (QED) is 0.476. The largest absolute Gasteiger partial charge is 0.397 e. The van der Waals surface area contributed by atoms with E-state index in [4.69, 9.17) is 22.9 Å². The molecule has 0 spiro atoms. The fourth-order valence-corrected chi connectivity index (χ4v) is 1.22. The van der Waals surface area contributed by atoms with Crippen LogP contribution in [0.5, 0.6) is 0 Å². The zero-order valence-electron chi connectivity index (χ0n) is 7.96. The van der Waals surface area contributed by atoms with Crippen LogP contribution in [-0.4, -0.2) is 0 Å². The Morgan fingerprint density at radius 2 is 1.54 bits per heavy atom. The van der Waals surface area contributed by atoms with Gasteiger partial charge >= 0.3 is 0 Å². The summed E-state index contributed by atoms with van der Waals surface area (Å²) in [7, 11) is 0. The molecule has 0 heterocycles. The van der Waals surface area contributed by atoms with Crippen LogP contribution in [0, 0.1) is 0 Å². The summed E-state index contributed by atoms with van der Waals surface area (Å²) in [4.78, 5) is 0. The van der Waals surface area contributed by atoms with Crippen molar-refractivity contribution in [3.63, 3.8) is 0 Å². The lowest BCUT2D eigenvalue weighted by Gasteiger charge is -2.22. The maximum atomic E-state index is 5.90. The second-order valence-electron chi connectivity index (χ2n) is 3.75. The number of hydrogen-bond donors (Lipinski definition) is 4. The topological polar surface area (TPSA) is 104 Å². The van der Waals surface area contributed by atoms with Crippen molar-refractivity contribution >= 4 is 17.1 Å². The van der Waals surface area contributed by atoms with Gasteiger partial charge < -0.3 is 22.9 Å². The molecule has 0 amide bonds. The van der Waals surface area contributed by atoms with Gasteiger partial charge in [0.05, 0.1) is 17.1 Å². The molecule has 72 valence electrons. The summed E-state index contributed by atoms with van der Waals surface area (Å²) in [6, 6.07) is 3.52. The number of rotatable bonds is 1. The standard InChI is InChI=1S/C9H16N4/c1-9(2,13)5-3-4-6(10)8(12)7(5)11/h3-4H,10-13H2,1-2H3. The Morgan fingerprint density at radius 1 is 1.00 bits per heavy atom. The highest BCUT2D eigenvalue weighted by Crippen LogP contribution is 2.31. The van der Waals surface area contributed by atoms with Gasteiger partial charge in [-0.25, -0.2) is 0 Å². The Kier molecular flexibility index (Phi) is 2.09. The lowest BCUT2D eigenvalue weighted by Crippen LogP contribution is -2.30. The first-order chi connectivity index (χ1) is 5.84. The van der Waals surface area contributed by atoms with E-state index in [1.54, 1.807) is 12.1 Å². The van der Waals surface area contributed by atoms with Gasteiger partial charge in [0.15, 0.2) is 0 Å². The molecular weight excluding hydrogens is 164 g/mol. The number of nitrogen functional groups attached to an aromatic ring is 3. The lowest BCUT2D eigenvalue weighted by atomic mass is 9.93. The van der Waals surface area contributed by atoms with Crippen molar-refractivity contribution in [1.82, 2.24) is 0 Å². The highest BCUT2D eigenvalue weighted by atomic mass is 14.8. The van der Waals surface area contributed by atoms with E-state index in [0.717, 1.165) is 5.56 Å². The van der Waals surface area contributed by atoms with E-state index in [0.29, 0.717) is 17.1 Å². The highest BCUT2D eigenvalue weighted by Gasteiger charge is 2.19. The molecule has 4 heteroatoms. The van der Waals surface area contributed by atoms with Gasteiger partial charge in [0.2, 0.25) is 0 Å². The summed E-state index contributed by atoms with van der Waals surface area (Å²) in [6.45, 7) is 3.74. The molecule has 0 saturated heterocycles. The van der Waals surface area contributed by atoms with Crippen molar-refractivity contribution in [3.05, 3.63) is 17.7 Å². The van der Waals surface area contributed by atoms with E-state index in [-0.39, 0.29) is 0 Å². The number of nitrogens with two attached hydrogens (primary N) is 4. The average molecular weight is 180 g/mol. The molecule has 0 unspecified atom stereocenters. The van der Waals surface area contributed by atoms with Crippen LogP contribution in [0.1, 0.15) is 19.4 Å². The molecule has 0 aliphatic heterocycles. The number of benzene rings is 1. The minimum Gasteiger partial charge on any atom is -0.397 e. The second kappa shape index (κ2) is 2.81. The lowest BCUT2D eigenvalue weighted by molar-refractivity contribution is 0.557. The van der Waals surface area contributed by atoms with Crippen molar-refractivity contribution < 1.29 is 0 Å². The van der Waals surface area contributed by atoms with Crippen LogP contribution in [-0.2, 0) is 5.54 Å². The monoisotopic (exact) mass is 180 g/mol. The van der Waals surface area contributed by atoms with E-state index in [2.05, 4.69) is 0 Å². The zero-order chi connectivity index (χ0) is 10.2. The summed E-state index contributed by atoms with van der Waals surface area (Å²) in [5.41, 5.74) is 24.7. The molecule has 0 aromatic heterocycles. The average Bonchev–Trinajstić information content (AvgIpc) is 1.98. The molecule has 13 heavy (non-hydrogen) atoms. The van der Waals surface area contributed by atoms with E-state index in [1.807, 2.05) is 13.8 Å². The smallest absolute Gasteiger partial charge is 0.0784 e. The number of hydrogen-bond acceptors (Lipinski definition) is 4. The Bertz CT molecular complexity index is 325. The normalized spacial score (nSPS) is 11.6. The van der Waals surface area contributed by atoms with Crippen LogP contribution in [0.3, 0.4) is 0 Å². The fraction of sp³-hybridized carbons (Fsp3) is 0.333. The third kappa shape index (κ3) is 1.67. The Labute approximate surface area is 77.9 Å². The molecule has 1 rings (SSSR count). The van der Waals surface area contributed by atoms with Gasteiger partial charge in [0, 0.05) is 5.54 Å². The summed E-state index contributed by atoms with van der Waals surface area (Å²) >= 11 is 0. The van der Waals surface area contributed by atoms with E-state index in [9.17, 15) is 0 Å². The van der Waals surface area contributed by atoms with Crippen LogP contribution >= 0.6 is 0 Å². The molecule has 0 aliphatic carbocycles. The first-order valence-electron chi connectivity index (χ1n) is 4.07. The third-order valence-electron chi connectivity index (χ3n) is 2.02. The maximum Gasteiger partial charge on any atom is 0.0784 e. The van der Waals surface area contributed by atoms with E-state index < -0.39 is 5.54 Å². The minimum atomic E-state index is -0.494. The molecule has 1 aromatic carbocycles. The van der Waals surface area contributed by atoms with Crippen LogP contribution in [0.15, 0.2) is 12.1 Å². The summed E-state index contributed by atoms with van der Waals surface area (Å²) in [5, 5.41) is 0. The van der Waals surface area contributed by atoms with E-state index >= 15 is 0 Å². The Hall–Kier alpha value is -1.42. The SMILES string of the molecule is CC(C)(N)c1ccc(N)c(N)c1N. The van der Waals surface area contributed by atoms with Crippen molar-refractivity contribution in [2.75, 3.05) is 17.2 Å². The van der Waals surface area contributed by atoms with Crippen molar-refractivity contribution in [1.29, 1.82) is 0 Å². The second-order valence-corrected chi connectivity index (χ2v) is 3.75. The predicted octanol–water partition coefficient (Wildman–Crippen LogP) is 0.627. The molecule has 0 bridgehead atoms. The molecule has 0 aliphatic rings. The summed E-state index contributed by atoms with van der Waals surface area (Å²) < 4.78 is 0. The molecule has 0 atom stereocenters. The molecule has 0 saturated carbocycles. The molecule has 0 radical (unpaired) electrons. The highest BCUT2D eigenvalue weighted by molar-refractivity contribution is 5.80. The summed E-state index contributed by atoms with van der Waals surface area (Å²) in [5.74, 6) is 0. The predicted molar refractivity (Wildman–Crippen MR) is 56.9 cm³/mol. The van der Waals surface area contributed by atoms with Gasteiger partial charge in [0.25, 0.3) is 0 Å². The van der Waals surface area contributed by atoms with E-state index in [1.165, 1.54) is 0 Å². The fourth-order valence-electron chi connectivity index (χ4n) is 1.22. The van der Waals surface area contributed by atoms with Gasteiger partial charge in [-0.2, -0.15) is 0 Å². The van der Waals surface area contributed by atoms with Crippen molar-refractivity contribution in [3.8, 4) is 0 Å². The third-order valence-corrected chi connectivity index (χ3v) is 2.02. The molecular formula is C9H16N4. The molecule has 8 N–H and O–H groups in total. The minimum absolute atomic E-state index is 0.413. The van der Waals surface area contributed by atoms with Crippen molar-refractivity contribution in [2.24, 2.45) is 5.73 Å². The molecule has 4 nitrogen and oxygen atoms in total. The van der Waals surface area contributed by atoms with Gasteiger partial charge in [-0.1, -0.05) is 6.07 Å². The van der Waals surface area contributed by atoms with Gasteiger partial charge in [-0.05, 0) is 25.5 Å². The first kappa shape index (κ1) is 9.67. The van der Waals surface area contributed by atoms with Gasteiger partial charge in [-0.3, -0.25) is 0 Å². The zero-order valence-corrected chi connectivity index (χ0v) is 7.96. The number of anilines is 3. The van der Waals surface area contributed by atoms with Gasteiger partial charge in [0.1, 0.15) is 0 Å². The first-order valence-corrected chi connectivity index (χ1v) is 4.07. The molecule has 1 aromatic rings. The van der Waals surface area contributed by atoms with Crippen LogP contribution in [0.2, 0.25) is 0 Å². The van der Waals surface area contributed by atoms with Gasteiger partial charge in [-0.15, -0.1) is 0 Å². The maximum absolute atomic E-state index is 5.90. The Morgan fingerprint density at radius 3 is 2.00 bits per heavy atom. The Balaban J connectivity index is 3.35.